The van der Waals surface area contributed by atoms with Crippen molar-refractivity contribution >= 4 is 27.6 Å². The molecule has 1 unspecified atom stereocenters. The third-order valence-electron chi connectivity index (χ3n) is 2.79. The Morgan fingerprint density at radius 3 is 2.70 bits per heavy atom. The molecule has 0 saturated carbocycles. The molecule has 1 atom stereocenters. The minimum atomic E-state index is -3.97. The summed E-state index contributed by atoms with van der Waals surface area (Å²) in [6, 6.07) is 3.03. The van der Waals surface area contributed by atoms with Gasteiger partial charge in [-0.1, -0.05) is 24.9 Å². The predicted molar refractivity (Wildman–Crippen MR) is 72.6 cm³/mol. The molecular formula is C12H15ClFNO4S. The number of rotatable bonds is 7. The van der Waals surface area contributed by atoms with E-state index in [0.717, 1.165) is 18.2 Å². The first-order valence-electron chi connectivity index (χ1n) is 5.92. The van der Waals surface area contributed by atoms with Gasteiger partial charge in [-0.15, -0.1) is 0 Å². The van der Waals surface area contributed by atoms with E-state index in [1.54, 1.807) is 6.92 Å². The van der Waals surface area contributed by atoms with Crippen LogP contribution in [0.25, 0.3) is 0 Å². The van der Waals surface area contributed by atoms with Crippen LogP contribution in [0.3, 0.4) is 0 Å². The summed E-state index contributed by atoms with van der Waals surface area (Å²) >= 11 is 5.73. The maximum absolute atomic E-state index is 13.1. The highest BCUT2D eigenvalue weighted by Crippen LogP contribution is 2.22. The Hall–Kier alpha value is -1.18. The molecule has 0 aliphatic carbocycles. The maximum Gasteiger partial charge on any atom is 0.303 e. The van der Waals surface area contributed by atoms with Crippen LogP contribution in [0.4, 0.5) is 4.39 Å². The van der Waals surface area contributed by atoms with Crippen LogP contribution in [-0.2, 0) is 14.8 Å². The van der Waals surface area contributed by atoms with Gasteiger partial charge in [-0.25, -0.2) is 17.5 Å². The number of sulfonamides is 1. The van der Waals surface area contributed by atoms with Crippen molar-refractivity contribution in [2.75, 3.05) is 6.54 Å². The van der Waals surface area contributed by atoms with Gasteiger partial charge in [0.2, 0.25) is 10.0 Å². The minimum Gasteiger partial charge on any atom is -0.481 e. The SMILES string of the molecule is CCC(CNS(=O)(=O)c1cc(F)ccc1Cl)CC(=O)O. The summed E-state index contributed by atoms with van der Waals surface area (Å²) in [5.74, 6) is -2.05. The van der Waals surface area contributed by atoms with Gasteiger partial charge in [0, 0.05) is 13.0 Å². The minimum absolute atomic E-state index is 0.0437. The molecule has 8 heteroatoms. The van der Waals surface area contributed by atoms with Gasteiger partial charge in [-0.3, -0.25) is 4.79 Å². The molecule has 1 aromatic rings. The van der Waals surface area contributed by atoms with Crippen molar-refractivity contribution in [3.63, 3.8) is 0 Å². The highest BCUT2D eigenvalue weighted by molar-refractivity contribution is 7.89. The number of carboxylic acid groups (broad SMARTS) is 1. The van der Waals surface area contributed by atoms with Crippen molar-refractivity contribution < 1.29 is 22.7 Å². The van der Waals surface area contributed by atoms with E-state index in [0.29, 0.717) is 6.42 Å². The first kappa shape index (κ1) is 16.9. The van der Waals surface area contributed by atoms with Gasteiger partial charge in [0.25, 0.3) is 0 Å². The summed E-state index contributed by atoms with van der Waals surface area (Å²) in [4.78, 5) is 10.3. The van der Waals surface area contributed by atoms with Gasteiger partial charge in [-0.2, -0.15) is 0 Å². The van der Waals surface area contributed by atoms with E-state index in [2.05, 4.69) is 4.72 Å². The van der Waals surface area contributed by atoms with E-state index in [4.69, 9.17) is 16.7 Å². The van der Waals surface area contributed by atoms with Gasteiger partial charge in [0.15, 0.2) is 0 Å². The van der Waals surface area contributed by atoms with Crippen molar-refractivity contribution in [3.05, 3.63) is 29.0 Å². The van der Waals surface area contributed by atoms with Crippen LogP contribution >= 0.6 is 11.6 Å². The molecule has 20 heavy (non-hydrogen) atoms. The van der Waals surface area contributed by atoms with Crippen LogP contribution in [0.5, 0.6) is 0 Å². The van der Waals surface area contributed by atoms with Gasteiger partial charge in [0.1, 0.15) is 10.7 Å². The smallest absolute Gasteiger partial charge is 0.303 e. The molecule has 0 aliphatic rings. The third kappa shape index (κ3) is 4.73. The standard InChI is InChI=1S/C12H15ClFNO4S/c1-2-8(5-12(16)17)7-15-20(18,19)11-6-9(14)3-4-10(11)13/h3-4,6,8,15H,2,5,7H2,1H3,(H,16,17). The molecule has 0 amide bonds. The van der Waals surface area contributed by atoms with Gasteiger partial charge >= 0.3 is 5.97 Å². The number of nitrogens with one attached hydrogen (secondary N) is 1. The molecule has 1 aromatic carbocycles. The molecule has 0 aromatic heterocycles. The molecular weight excluding hydrogens is 309 g/mol. The lowest BCUT2D eigenvalue weighted by atomic mass is 10.0. The molecule has 0 radical (unpaired) electrons. The number of aliphatic carboxylic acids is 1. The van der Waals surface area contributed by atoms with Crippen LogP contribution in [0.2, 0.25) is 5.02 Å². The van der Waals surface area contributed by atoms with Crippen LogP contribution < -0.4 is 4.72 Å². The van der Waals surface area contributed by atoms with E-state index in [-0.39, 0.29) is 28.8 Å². The van der Waals surface area contributed by atoms with Crippen molar-refractivity contribution in [3.8, 4) is 0 Å². The largest absolute Gasteiger partial charge is 0.481 e. The van der Waals surface area contributed by atoms with E-state index in [1.165, 1.54) is 0 Å². The Morgan fingerprint density at radius 1 is 1.50 bits per heavy atom. The monoisotopic (exact) mass is 323 g/mol. The van der Waals surface area contributed by atoms with Crippen molar-refractivity contribution in [2.45, 2.75) is 24.7 Å². The van der Waals surface area contributed by atoms with Crippen LogP contribution in [-0.4, -0.2) is 26.0 Å². The third-order valence-corrected chi connectivity index (χ3v) is 4.69. The highest BCUT2D eigenvalue weighted by Gasteiger charge is 2.21. The molecule has 1 rings (SSSR count). The molecule has 0 fully saturated rings. The number of hydrogen-bond donors (Lipinski definition) is 2. The number of benzene rings is 1. The molecule has 0 heterocycles. The summed E-state index contributed by atoms with van der Waals surface area (Å²) in [6.07, 6.45) is 0.363. The summed E-state index contributed by atoms with van der Waals surface area (Å²) < 4.78 is 39.3. The van der Waals surface area contributed by atoms with Gasteiger partial charge in [-0.05, 0) is 24.1 Å². The van der Waals surface area contributed by atoms with Crippen LogP contribution in [0, 0.1) is 11.7 Å². The lowest BCUT2D eigenvalue weighted by molar-refractivity contribution is -0.138. The van der Waals surface area contributed by atoms with Crippen LogP contribution in [0.15, 0.2) is 23.1 Å². The Kier molecular flexibility index (Phi) is 5.91. The molecule has 0 aliphatic heterocycles. The van der Waals surface area contributed by atoms with E-state index in [9.17, 15) is 17.6 Å². The zero-order chi connectivity index (χ0) is 15.3. The second-order valence-corrected chi connectivity index (χ2v) is 6.44. The first-order chi connectivity index (χ1) is 9.26. The Bertz CT molecular complexity index is 591. The second-order valence-electron chi connectivity index (χ2n) is 4.30. The summed E-state index contributed by atoms with van der Waals surface area (Å²) in [6.45, 7) is 1.72. The maximum atomic E-state index is 13.1. The fraction of sp³-hybridized carbons (Fsp3) is 0.417. The quantitative estimate of drug-likeness (QED) is 0.806. The molecule has 5 nitrogen and oxygen atoms in total. The molecule has 112 valence electrons. The number of hydrogen-bond acceptors (Lipinski definition) is 3. The van der Waals surface area contributed by atoms with Crippen molar-refractivity contribution in [1.29, 1.82) is 0 Å². The van der Waals surface area contributed by atoms with Crippen molar-refractivity contribution in [1.82, 2.24) is 4.72 Å². The first-order valence-corrected chi connectivity index (χ1v) is 7.79. The molecule has 0 saturated heterocycles. The average molecular weight is 324 g/mol. The summed E-state index contributed by atoms with van der Waals surface area (Å²) in [5, 5.41) is 8.60. The lowest BCUT2D eigenvalue weighted by Gasteiger charge is -2.14. The highest BCUT2D eigenvalue weighted by atomic mass is 35.5. The Labute approximate surface area is 121 Å². The van der Waals surface area contributed by atoms with Gasteiger partial charge in [0.05, 0.1) is 5.02 Å². The number of halogens is 2. The molecule has 2 N–H and O–H groups in total. The van der Waals surface area contributed by atoms with E-state index < -0.39 is 21.8 Å². The zero-order valence-corrected chi connectivity index (χ0v) is 12.3. The van der Waals surface area contributed by atoms with E-state index >= 15 is 0 Å². The zero-order valence-electron chi connectivity index (χ0n) is 10.8. The molecule has 0 spiro atoms. The summed E-state index contributed by atoms with van der Waals surface area (Å²) in [7, 11) is -3.97. The normalized spacial score (nSPS) is 13.2. The van der Waals surface area contributed by atoms with Crippen LogP contribution in [0.1, 0.15) is 19.8 Å². The van der Waals surface area contributed by atoms with Gasteiger partial charge < -0.3 is 5.11 Å². The van der Waals surface area contributed by atoms with E-state index in [1.807, 2.05) is 0 Å². The summed E-state index contributed by atoms with van der Waals surface area (Å²) in [5.41, 5.74) is 0. The Morgan fingerprint density at radius 2 is 2.15 bits per heavy atom. The van der Waals surface area contributed by atoms with Crippen molar-refractivity contribution in [2.24, 2.45) is 5.92 Å². The topological polar surface area (TPSA) is 83.5 Å². The predicted octanol–water partition coefficient (Wildman–Crippen LogP) is 2.26. The number of carboxylic acids is 1. The number of carbonyl (C=O) groups is 1. The molecule has 0 bridgehead atoms. The Balaban J connectivity index is 2.84. The fourth-order valence-electron chi connectivity index (χ4n) is 1.60. The second kappa shape index (κ2) is 7.01. The fourth-order valence-corrected chi connectivity index (χ4v) is 3.22. The average Bonchev–Trinajstić information content (AvgIpc) is 2.36. The lowest BCUT2D eigenvalue weighted by Crippen LogP contribution is -2.30.